The predicted octanol–water partition coefficient (Wildman–Crippen LogP) is 2.29. The number of H-pyrrole nitrogens is 2. The Labute approximate surface area is 140 Å². The van der Waals surface area contributed by atoms with Gasteiger partial charge < -0.3 is 9.88 Å². The summed E-state index contributed by atoms with van der Waals surface area (Å²) in [6.07, 6.45) is 2.88. The maximum atomic E-state index is 13.0. The summed E-state index contributed by atoms with van der Waals surface area (Å²) in [5.74, 6) is 1.68. The highest BCUT2D eigenvalue weighted by molar-refractivity contribution is 5.95. The fourth-order valence-corrected chi connectivity index (χ4v) is 3.12. The molecule has 1 saturated heterocycles. The van der Waals surface area contributed by atoms with Crippen molar-refractivity contribution in [3.63, 3.8) is 0 Å². The van der Waals surface area contributed by atoms with Crippen molar-refractivity contribution in [2.75, 3.05) is 6.54 Å². The van der Waals surface area contributed by atoms with Gasteiger partial charge in [0.1, 0.15) is 5.82 Å². The zero-order valence-electron chi connectivity index (χ0n) is 14.3. The molecule has 24 heavy (non-hydrogen) atoms. The van der Waals surface area contributed by atoms with E-state index in [0.29, 0.717) is 17.8 Å². The summed E-state index contributed by atoms with van der Waals surface area (Å²) in [7, 11) is 0. The molecule has 0 bridgehead atoms. The first kappa shape index (κ1) is 16.4. The van der Waals surface area contributed by atoms with Gasteiger partial charge in [0.15, 0.2) is 5.82 Å². The summed E-state index contributed by atoms with van der Waals surface area (Å²) in [5, 5.41) is 7.27. The maximum Gasteiger partial charge on any atom is 0.256 e. The van der Waals surface area contributed by atoms with E-state index in [1.54, 1.807) is 13.0 Å². The zero-order chi connectivity index (χ0) is 17.3. The lowest BCUT2D eigenvalue weighted by atomic mass is 10.00. The molecule has 128 valence electrons. The van der Waals surface area contributed by atoms with Gasteiger partial charge in [-0.25, -0.2) is 4.98 Å². The topological polar surface area (TPSA) is 94.7 Å². The van der Waals surface area contributed by atoms with E-state index >= 15 is 0 Å². The fourth-order valence-electron chi connectivity index (χ4n) is 3.12. The number of likely N-dealkylation sites (tertiary alicyclic amines) is 1. The van der Waals surface area contributed by atoms with Crippen LogP contribution in [-0.4, -0.2) is 37.5 Å². The molecule has 1 aliphatic heterocycles. The standard InChI is InChI=1S/C17H23N5O2/c1-10(2)15-19-16(21-20-15)13-6-4-5-9-22(13)17(24)12-7-8-14(23)18-11(12)3/h7-8,10,13H,4-6,9H2,1-3H3,(H,18,23)(H,19,20,21)/t13-/m0/s1. The molecule has 0 saturated carbocycles. The number of carbonyl (C=O) groups excluding carboxylic acids is 1. The Bertz CT molecular complexity index is 792. The van der Waals surface area contributed by atoms with Crippen LogP contribution in [0, 0.1) is 6.92 Å². The van der Waals surface area contributed by atoms with Gasteiger partial charge in [-0.1, -0.05) is 13.8 Å². The first-order valence-electron chi connectivity index (χ1n) is 8.40. The SMILES string of the molecule is Cc1[nH]c(=O)ccc1C(=O)N1CCCC[C@H]1c1nc(C(C)C)n[nH]1. The minimum atomic E-state index is -0.198. The number of hydrogen-bond acceptors (Lipinski definition) is 4. The lowest BCUT2D eigenvalue weighted by Crippen LogP contribution is -2.39. The normalized spacial score (nSPS) is 18.2. The molecule has 2 aromatic rings. The number of nitrogens with one attached hydrogen (secondary N) is 2. The molecule has 3 heterocycles. The van der Waals surface area contributed by atoms with Crippen LogP contribution in [0.5, 0.6) is 0 Å². The van der Waals surface area contributed by atoms with Crippen LogP contribution < -0.4 is 5.56 Å². The second kappa shape index (κ2) is 6.59. The van der Waals surface area contributed by atoms with E-state index in [1.165, 1.54) is 6.07 Å². The molecule has 2 aromatic heterocycles. The Hall–Kier alpha value is -2.44. The van der Waals surface area contributed by atoms with Crippen molar-refractivity contribution in [1.29, 1.82) is 0 Å². The number of hydrogen-bond donors (Lipinski definition) is 2. The van der Waals surface area contributed by atoms with Crippen molar-refractivity contribution in [3.05, 3.63) is 45.4 Å². The third kappa shape index (κ3) is 3.11. The van der Waals surface area contributed by atoms with Crippen molar-refractivity contribution in [3.8, 4) is 0 Å². The zero-order valence-corrected chi connectivity index (χ0v) is 14.3. The van der Waals surface area contributed by atoms with Gasteiger partial charge in [-0.15, -0.1) is 0 Å². The molecule has 1 amide bonds. The maximum absolute atomic E-state index is 13.0. The molecule has 2 N–H and O–H groups in total. The van der Waals surface area contributed by atoms with Crippen molar-refractivity contribution in [2.24, 2.45) is 0 Å². The number of carbonyl (C=O) groups is 1. The number of nitrogens with zero attached hydrogens (tertiary/aromatic N) is 3. The van der Waals surface area contributed by atoms with E-state index in [9.17, 15) is 9.59 Å². The highest BCUT2D eigenvalue weighted by atomic mass is 16.2. The molecule has 0 unspecified atom stereocenters. The molecule has 1 fully saturated rings. The average molecular weight is 329 g/mol. The van der Waals surface area contributed by atoms with Gasteiger partial charge in [0, 0.05) is 24.2 Å². The Kier molecular flexibility index (Phi) is 4.51. The molecule has 3 rings (SSSR count). The molecule has 0 aromatic carbocycles. The molecule has 1 atom stereocenters. The summed E-state index contributed by atoms with van der Waals surface area (Å²) in [4.78, 5) is 33.5. The molecule has 0 spiro atoms. The van der Waals surface area contributed by atoms with Gasteiger partial charge in [0.25, 0.3) is 5.91 Å². The number of rotatable bonds is 3. The van der Waals surface area contributed by atoms with Gasteiger partial charge in [-0.2, -0.15) is 5.10 Å². The fraction of sp³-hybridized carbons (Fsp3) is 0.529. The van der Waals surface area contributed by atoms with Crippen LogP contribution >= 0.6 is 0 Å². The second-order valence-electron chi connectivity index (χ2n) is 6.60. The van der Waals surface area contributed by atoms with Crippen LogP contribution in [-0.2, 0) is 0 Å². The van der Waals surface area contributed by atoms with E-state index in [2.05, 4.69) is 20.2 Å². The largest absolute Gasteiger partial charge is 0.328 e. The van der Waals surface area contributed by atoms with Gasteiger partial charge in [-0.05, 0) is 32.3 Å². The number of amides is 1. The first-order valence-corrected chi connectivity index (χ1v) is 8.40. The smallest absolute Gasteiger partial charge is 0.256 e. The molecule has 0 radical (unpaired) electrons. The van der Waals surface area contributed by atoms with Crippen molar-refractivity contribution in [2.45, 2.75) is 52.0 Å². The Morgan fingerprint density at radius 2 is 2.12 bits per heavy atom. The Morgan fingerprint density at radius 3 is 2.79 bits per heavy atom. The minimum Gasteiger partial charge on any atom is -0.328 e. The van der Waals surface area contributed by atoms with Crippen LogP contribution in [0.4, 0.5) is 0 Å². The van der Waals surface area contributed by atoms with Crippen LogP contribution in [0.2, 0.25) is 0 Å². The Morgan fingerprint density at radius 1 is 1.33 bits per heavy atom. The molecule has 0 aliphatic carbocycles. The summed E-state index contributed by atoms with van der Waals surface area (Å²) >= 11 is 0. The number of aromatic amines is 2. The summed E-state index contributed by atoms with van der Waals surface area (Å²) in [6.45, 7) is 6.51. The van der Waals surface area contributed by atoms with E-state index in [4.69, 9.17) is 0 Å². The summed E-state index contributed by atoms with van der Waals surface area (Å²) < 4.78 is 0. The minimum absolute atomic E-state index is 0.0732. The highest BCUT2D eigenvalue weighted by Gasteiger charge is 2.31. The van der Waals surface area contributed by atoms with Crippen LogP contribution in [0.3, 0.4) is 0 Å². The van der Waals surface area contributed by atoms with Crippen molar-refractivity contribution < 1.29 is 4.79 Å². The van der Waals surface area contributed by atoms with Gasteiger partial charge in [-0.3, -0.25) is 14.7 Å². The first-order chi connectivity index (χ1) is 11.5. The summed E-state index contributed by atoms with van der Waals surface area (Å²) in [5.41, 5.74) is 0.929. The molecule has 7 nitrogen and oxygen atoms in total. The van der Waals surface area contributed by atoms with E-state index < -0.39 is 0 Å². The highest BCUT2D eigenvalue weighted by Crippen LogP contribution is 2.30. The van der Waals surface area contributed by atoms with Crippen LogP contribution in [0.1, 0.15) is 72.8 Å². The number of aryl methyl sites for hydroxylation is 1. The summed E-state index contributed by atoms with van der Waals surface area (Å²) in [6, 6.07) is 2.89. The van der Waals surface area contributed by atoms with E-state index in [0.717, 1.165) is 30.9 Å². The third-order valence-electron chi connectivity index (χ3n) is 4.46. The monoisotopic (exact) mass is 329 g/mol. The molecular formula is C17H23N5O2. The van der Waals surface area contributed by atoms with Gasteiger partial charge in [0.2, 0.25) is 5.56 Å². The van der Waals surface area contributed by atoms with E-state index in [-0.39, 0.29) is 23.4 Å². The predicted molar refractivity (Wildman–Crippen MR) is 89.9 cm³/mol. The van der Waals surface area contributed by atoms with E-state index in [1.807, 2.05) is 18.7 Å². The van der Waals surface area contributed by atoms with Gasteiger partial charge in [0.05, 0.1) is 11.6 Å². The van der Waals surface area contributed by atoms with Crippen molar-refractivity contribution >= 4 is 5.91 Å². The average Bonchev–Trinajstić information content (AvgIpc) is 3.04. The number of pyridine rings is 1. The quantitative estimate of drug-likeness (QED) is 0.903. The van der Waals surface area contributed by atoms with Crippen molar-refractivity contribution in [1.82, 2.24) is 25.1 Å². The third-order valence-corrected chi connectivity index (χ3v) is 4.46. The number of aromatic nitrogens is 4. The van der Waals surface area contributed by atoms with Gasteiger partial charge >= 0.3 is 0 Å². The lowest BCUT2D eigenvalue weighted by Gasteiger charge is -2.34. The molecule has 7 heteroatoms. The Balaban J connectivity index is 1.91. The molecule has 1 aliphatic rings. The number of piperidine rings is 1. The second-order valence-corrected chi connectivity index (χ2v) is 6.60. The molecular weight excluding hydrogens is 306 g/mol. The van der Waals surface area contributed by atoms with Crippen LogP contribution in [0.25, 0.3) is 0 Å². The lowest BCUT2D eigenvalue weighted by molar-refractivity contribution is 0.0599. The van der Waals surface area contributed by atoms with Crippen LogP contribution in [0.15, 0.2) is 16.9 Å².